The molecule has 11 nitrogen and oxygen atoms in total. The van der Waals surface area contributed by atoms with E-state index in [9.17, 15) is 10.5 Å². The van der Waals surface area contributed by atoms with E-state index in [1.807, 2.05) is 237 Å². The van der Waals surface area contributed by atoms with Crippen LogP contribution >= 0.6 is 0 Å². The smallest absolute Gasteiger partial charge is 0.164 e. The number of rotatable bonds is 12. The summed E-state index contributed by atoms with van der Waals surface area (Å²) < 4.78 is 2.26. The van der Waals surface area contributed by atoms with Gasteiger partial charge in [-0.05, 0) is 66.7 Å². The molecule has 15 rings (SSSR count). The molecule has 11 aromatic carbocycles. The average Bonchev–Trinajstić information content (AvgIpc) is 1.78. The van der Waals surface area contributed by atoms with E-state index in [0.717, 1.165) is 94.4 Å². The molecule has 0 fully saturated rings. The van der Waals surface area contributed by atoms with Gasteiger partial charge >= 0.3 is 0 Å². The molecule has 0 aliphatic heterocycles. The molecule has 0 saturated carbocycles. The highest BCUT2D eigenvalue weighted by Gasteiger charge is 2.27. The van der Waals surface area contributed by atoms with Gasteiger partial charge in [0.15, 0.2) is 40.8 Å². The molecule has 0 unspecified atom stereocenters. The molecule has 0 amide bonds. The summed E-state index contributed by atoms with van der Waals surface area (Å²) in [4.78, 5) is 41.4. The summed E-state index contributed by atoms with van der Waals surface area (Å²) in [7, 11) is 0. The second-order valence-electron chi connectivity index (χ2n) is 21.3. The molecular weight excluding hydrogens is 1090 g/mol. The fourth-order valence-electron chi connectivity index (χ4n) is 11.6. The number of hydrogen-bond acceptors (Lipinski definition) is 10. The Labute approximate surface area is 512 Å². The Kier molecular flexibility index (Phi) is 13.7. The van der Waals surface area contributed by atoms with E-state index in [4.69, 9.17) is 39.9 Å². The standard InChI is InChI=1S/C78H47N11/c79-48-58-35-19-21-37-61(58)65-45-60(68-47-67(50-23-7-1-8-24-50)81-72(82-68)51-25-9-2-10-26-51)46-66(62-38-22-20-36-59(62)49-80)71(65)89-69-41-39-56(77-85-73(52-27-11-3-12-28-52)83-74(86-77)53-29-13-4-14-30-53)43-63(69)64-44-57(40-42-70(64)89)78-87-75(54-31-15-5-16-32-54)84-76(88-78)55-33-17-6-18-34-55/h1-47H. The van der Waals surface area contributed by atoms with E-state index >= 15 is 0 Å². The van der Waals surface area contributed by atoms with Crippen LogP contribution in [0.4, 0.5) is 0 Å². The zero-order valence-electron chi connectivity index (χ0n) is 47.6. The quantitative estimate of drug-likeness (QED) is 0.115. The van der Waals surface area contributed by atoms with E-state index in [-0.39, 0.29) is 0 Å². The summed E-state index contributed by atoms with van der Waals surface area (Å²) in [6.07, 6.45) is 0. The minimum absolute atomic E-state index is 0.463. The van der Waals surface area contributed by atoms with Crippen molar-refractivity contribution in [2.24, 2.45) is 0 Å². The molecule has 89 heavy (non-hydrogen) atoms. The maximum Gasteiger partial charge on any atom is 0.164 e. The van der Waals surface area contributed by atoms with Crippen LogP contribution in [0.1, 0.15) is 11.1 Å². The molecule has 4 heterocycles. The van der Waals surface area contributed by atoms with E-state index in [0.29, 0.717) is 68.7 Å². The summed E-state index contributed by atoms with van der Waals surface area (Å²) >= 11 is 0. The van der Waals surface area contributed by atoms with Gasteiger partial charge in [-0.25, -0.2) is 39.9 Å². The van der Waals surface area contributed by atoms with Crippen LogP contribution in [0.25, 0.3) is 152 Å². The average molecular weight is 1140 g/mol. The molecule has 0 bridgehead atoms. The van der Waals surface area contributed by atoms with Gasteiger partial charge in [-0.1, -0.05) is 218 Å². The molecule has 15 aromatic rings. The van der Waals surface area contributed by atoms with Gasteiger partial charge in [0.1, 0.15) is 0 Å². The second-order valence-corrected chi connectivity index (χ2v) is 21.3. The molecule has 4 aromatic heterocycles. The number of hydrogen-bond donors (Lipinski definition) is 0. The van der Waals surface area contributed by atoms with Crippen LogP contribution in [0.5, 0.6) is 0 Å². The first kappa shape index (κ1) is 53.1. The third-order valence-corrected chi connectivity index (χ3v) is 15.8. The molecule has 0 spiro atoms. The van der Waals surface area contributed by atoms with Crippen LogP contribution < -0.4 is 0 Å². The van der Waals surface area contributed by atoms with Crippen LogP contribution in [-0.2, 0) is 0 Å². The van der Waals surface area contributed by atoms with Gasteiger partial charge in [0.25, 0.3) is 0 Å². The van der Waals surface area contributed by atoms with Crippen molar-refractivity contribution >= 4 is 21.8 Å². The molecule has 0 aliphatic rings. The van der Waals surface area contributed by atoms with E-state index in [1.54, 1.807) is 0 Å². The van der Waals surface area contributed by atoms with Gasteiger partial charge in [0.05, 0.1) is 51.4 Å². The number of nitrogens with zero attached hydrogens (tertiary/aromatic N) is 11. The lowest BCUT2D eigenvalue weighted by atomic mass is 9.88. The monoisotopic (exact) mass is 1140 g/mol. The summed E-state index contributed by atoms with van der Waals surface area (Å²) in [5, 5.41) is 24.0. The van der Waals surface area contributed by atoms with Crippen LogP contribution in [0.2, 0.25) is 0 Å². The minimum atomic E-state index is 0.463. The van der Waals surface area contributed by atoms with Crippen LogP contribution in [0, 0.1) is 22.7 Å². The lowest BCUT2D eigenvalue weighted by Gasteiger charge is -2.22. The lowest BCUT2D eigenvalue weighted by Crippen LogP contribution is -2.04. The SMILES string of the molecule is N#Cc1ccccc1-c1cc(-c2cc(-c3ccccc3)nc(-c3ccccc3)n2)cc(-c2ccccc2C#N)c1-n1c2ccc(-c3nc(-c4ccccc4)nc(-c4ccccc4)n3)cc2c2cc(-c3nc(-c4ccccc4)nc(-c4ccccc4)n3)ccc21. The molecule has 0 saturated heterocycles. The summed E-state index contributed by atoms with van der Waals surface area (Å²) in [5.74, 6) is 3.67. The van der Waals surface area contributed by atoms with Gasteiger partial charge in [0.2, 0.25) is 0 Å². The highest BCUT2D eigenvalue weighted by atomic mass is 15.0. The predicted octanol–water partition coefficient (Wildman–Crippen LogP) is 18.0. The lowest BCUT2D eigenvalue weighted by molar-refractivity contribution is 1.07. The molecule has 11 heteroatoms. The fourth-order valence-corrected chi connectivity index (χ4v) is 11.6. The molecule has 0 radical (unpaired) electrons. The highest BCUT2D eigenvalue weighted by molar-refractivity contribution is 6.13. The number of fused-ring (bicyclic) bond motifs is 3. The van der Waals surface area contributed by atoms with Crippen molar-refractivity contribution in [3.05, 3.63) is 296 Å². The first-order valence-corrected chi connectivity index (χ1v) is 29.0. The van der Waals surface area contributed by atoms with Crippen molar-refractivity contribution < 1.29 is 0 Å². The maximum atomic E-state index is 11.1. The van der Waals surface area contributed by atoms with Crippen LogP contribution in [0.3, 0.4) is 0 Å². The Morgan fingerprint density at radius 1 is 0.236 bits per heavy atom. The normalized spacial score (nSPS) is 11.1. The van der Waals surface area contributed by atoms with Gasteiger partial charge in [-0.15, -0.1) is 0 Å². The third kappa shape index (κ3) is 10.2. The zero-order valence-corrected chi connectivity index (χ0v) is 47.6. The van der Waals surface area contributed by atoms with Gasteiger partial charge in [-0.3, -0.25) is 0 Å². The van der Waals surface area contributed by atoms with Crippen molar-refractivity contribution in [1.29, 1.82) is 10.5 Å². The van der Waals surface area contributed by atoms with Gasteiger partial charge < -0.3 is 4.57 Å². The van der Waals surface area contributed by atoms with E-state index in [2.05, 4.69) is 65.2 Å². The first-order valence-electron chi connectivity index (χ1n) is 29.0. The van der Waals surface area contributed by atoms with Crippen molar-refractivity contribution in [2.45, 2.75) is 0 Å². The summed E-state index contributed by atoms with van der Waals surface area (Å²) in [6, 6.07) is 99.1. The third-order valence-electron chi connectivity index (χ3n) is 15.8. The number of nitriles is 2. The summed E-state index contributed by atoms with van der Waals surface area (Å²) in [5.41, 5.74) is 15.0. The Bertz CT molecular complexity index is 4820. The van der Waals surface area contributed by atoms with Gasteiger partial charge in [-0.2, -0.15) is 10.5 Å². The topological polar surface area (TPSA) is 156 Å². The second kappa shape index (κ2) is 23.0. The molecule has 414 valence electrons. The van der Waals surface area contributed by atoms with E-state index < -0.39 is 0 Å². The zero-order chi connectivity index (χ0) is 59.6. The van der Waals surface area contributed by atoms with Crippen molar-refractivity contribution in [1.82, 2.24) is 44.4 Å². The molecule has 0 aliphatic carbocycles. The van der Waals surface area contributed by atoms with E-state index in [1.165, 1.54) is 0 Å². The number of benzene rings is 11. The Balaban J connectivity index is 1.05. The first-order chi connectivity index (χ1) is 44.0. The minimum Gasteiger partial charge on any atom is -0.308 e. The van der Waals surface area contributed by atoms with Crippen molar-refractivity contribution in [3.8, 4) is 142 Å². The van der Waals surface area contributed by atoms with Crippen molar-refractivity contribution in [2.75, 3.05) is 0 Å². The summed E-state index contributed by atoms with van der Waals surface area (Å²) in [6.45, 7) is 0. The maximum absolute atomic E-state index is 11.1. The molecule has 0 atom stereocenters. The number of aromatic nitrogens is 9. The highest BCUT2D eigenvalue weighted by Crippen LogP contribution is 2.47. The van der Waals surface area contributed by atoms with Crippen molar-refractivity contribution in [3.63, 3.8) is 0 Å². The fraction of sp³-hybridized carbons (Fsp3) is 0. The Morgan fingerprint density at radius 3 is 0.876 bits per heavy atom. The molecule has 0 N–H and O–H groups in total. The molecular formula is C78H47N11. The largest absolute Gasteiger partial charge is 0.308 e. The van der Waals surface area contributed by atoms with Gasteiger partial charge in [0, 0.05) is 83.1 Å². The predicted molar refractivity (Wildman–Crippen MR) is 352 cm³/mol. The van der Waals surface area contributed by atoms with Crippen LogP contribution in [-0.4, -0.2) is 44.4 Å². The van der Waals surface area contributed by atoms with Crippen LogP contribution in [0.15, 0.2) is 285 Å². The Hall–Kier alpha value is -12.7. The Morgan fingerprint density at radius 2 is 0.528 bits per heavy atom.